The molecule has 3 aromatic rings. The lowest BCUT2D eigenvalue weighted by molar-refractivity contribution is 0.246. The highest BCUT2D eigenvalue weighted by molar-refractivity contribution is 7.99. The zero-order chi connectivity index (χ0) is 30.9. The predicted octanol–water partition coefficient (Wildman–Crippen LogP) is 6.04. The summed E-state index contributed by atoms with van der Waals surface area (Å²) in [6.07, 6.45) is 0. The van der Waals surface area contributed by atoms with Crippen LogP contribution in [-0.4, -0.2) is 24.5 Å². The van der Waals surface area contributed by atoms with Gasteiger partial charge in [0.25, 0.3) is 5.95 Å². The minimum atomic E-state index is -4.89. The molecule has 0 aliphatic heterocycles. The third-order valence-electron chi connectivity index (χ3n) is 5.47. The van der Waals surface area contributed by atoms with Crippen molar-refractivity contribution in [1.29, 1.82) is 0 Å². The zero-order valence-corrected chi connectivity index (χ0v) is 24.5. The van der Waals surface area contributed by atoms with E-state index in [4.69, 9.17) is 0 Å². The number of hydrogen-bond donors (Lipinski definition) is 4. The number of phenols is 1. The summed E-state index contributed by atoms with van der Waals surface area (Å²) in [5.41, 5.74) is 3.48. The van der Waals surface area contributed by atoms with Crippen molar-refractivity contribution in [2.75, 3.05) is 5.43 Å². The molecule has 1 heterocycles. The van der Waals surface area contributed by atoms with Gasteiger partial charge in [0.1, 0.15) is 5.75 Å². The summed E-state index contributed by atoms with van der Waals surface area (Å²) in [6, 6.07) is 6.01. The molecule has 3 rings (SSSR count). The van der Waals surface area contributed by atoms with Crippen LogP contribution in [0.2, 0.25) is 0 Å². The summed E-state index contributed by atoms with van der Waals surface area (Å²) in [7, 11) is -4.89. The minimum Gasteiger partial charge on any atom is -0.507 e. The van der Waals surface area contributed by atoms with Crippen LogP contribution in [0.15, 0.2) is 46.2 Å². The number of anilines is 1. The molecule has 0 saturated carbocycles. The summed E-state index contributed by atoms with van der Waals surface area (Å²) in [5, 5.41) is 10.9. The molecule has 4 N–H and O–H groups in total. The lowest BCUT2D eigenvalue weighted by atomic mass is 9.79. The zero-order valence-electron chi connectivity index (χ0n) is 22.8. The molecule has 0 bridgehead atoms. The van der Waals surface area contributed by atoms with E-state index < -0.39 is 67.0 Å². The molecule has 0 spiro atoms. The Labute approximate surface area is 238 Å². The van der Waals surface area contributed by atoms with Gasteiger partial charge in [-0.1, -0.05) is 65.4 Å². The Balaban J connectivity index is 1.86. The molecule has 41 heavy (non-hydrogen) atoms. The molecule has 222 valence electrons. The quantitative estimate of drug-likeness (QED) is 0.144. The predicted molar refractivity (Wildman–Crippen MR) is 145 cm³/mol. The fourth-order valence-corrected chi connectivity index (χ4v) is 5.14. The number of hydrogen-bond acceptors (Lipinski definition) is 8. The van der Waals surface area contributed by atoms with E-state index in [9.17, 15) is 31.5 Å². The van der Waals surface area contributed by atoms with Gasteiger partial charge in [-0.15, -0.1) is 0 Å². The fourth-order valence-electron chi connectivity index (χ4n) is 3.50. The van der Waals surface area contributed by atoms with E-state index >= 15 is 4.39 Å². The van der Waals surface area contributed by atoms with Crippen LogP contribution in [0.5, 0.6) is 11.5 Å². The molecular weight excluding hydrogens is 588 g/mol. The number of nitrogens with zero attached hydrogens (tertiary/aromatic N) is 1. The number of carbonyl (C=O) groups excluding carboxylic acids is 1. The third kappa shape index (κ3) is 7.73. The molecule has 0 aliphatic carbocycles. The lowest BCUT2D eigenvalue weighted by Gasteiger charge is -2.28. The van der Waals surface area contributed by atoms with Gasteiger partial charge in [-0.25, -0.2) is 28.1 Å². The maximum absolute atomic E-state index is 15.3. The Bertz CT molecular complexity index is 1550. The standard InChI is InChI=1S/C26H28F4N4O5S2/c1-25(2,3)14-11-13(12-15(20(14)35)26(4,5)6)40-21-18(28)22(30)31-23(19(21)29)32-33-24(36)34-41(37,38)39-17-10-8-7-9-16(17)27/h7-12,35H,1-6H3,(H,31,32)(H2,33,34,36). The molecule has 2 aromatic carbocycles. The average molecular weight is 617 g/mol. The lowest BCUT2D eigenvalue weighted by Crippen LogP contribution is -2.44. The van der Waals surface area contributed by atoms with Gasteiger partial charge >= 0.3 is 16.3 Å². The number of rotatable bonds is 7. The summed E-state index contributed by atoms with van der Waals surface area (Å²) >= 11 is 0.524. The second-order valence-corrected chi connectivity index (χ2v) is 13.2. The number of nitrogens with one attached hydrogen (secondary N) is 3. The Morgan fingerprint density at radius 3 is 2.05 bits per heavy atom. The number of aromatic hydroxyl groups is 1. The van der Waals surface area contributed by atoms with Crippen LogP contribution in [-0.2, 0) is 21.1 Å². The monoisotopic (exact) mass is 616 g/mol. The number of aromatic nitrogens is 1. The van der Waals surface area contributed by atoms with Crippen molar-refractivity contribution >= 4 is 33.9 Å². The van der Waals surface area contributed by atoms with E-state index in [-0.39, 0.29) is 10.6 Å². The number of amides is 2. The molecule has 0 fully saturated rings. The summed E-state index contributed by atoms with van der Waals surface area (Å²) in [6.45, 7) is 11.1. The van der Waals surface area contributed by atoms with Crippen molar-refractivity contribution < 1.29 is 40.1 Å². The number of pyridine rings is 1. The molecule has 15 heteroatoms. The Morgan fingerprint density at radius 1 is 0.951 bits per heavy atom. The number of urea groups is 1. The number of halogens is 4. The first-order valence-corrected chi connectivity index (χ1v) is 14.2. The van der Waals surface area contributed by atoms with Crippen molar-refractivity contribution in [2.24, 2.45) is 0 Å². The number of para-hydroxylation sites is 1. The number of hydrazine groups is 1. The van der Waals surface area contributed by atoms with Crippen LogP contribution in [0.4, 0.5) is 28.2 Å². The van der Waals surface area contributed by atoms with Crippen molar-refractivity contribution in [3.8, 4) is 11.5 Å². The summed E-state index contributed by atoms with van der Waals surface area (Å²) < 4.78 is 87.9. The smallest absolute Gasteiger partial charge is 0.411 e. The molecular formula is C26H28F4N4O5S2. The first kappa shape index (κ1) is 31.8. The molecule has 0 saturated heterocycles. The first-order valence-electron chi connectivity index (χ1n) is 11.9. The van der Waals surface area contributed by atoms with Crippen molar-refractivity contribution in [3.63, 3.8) is 0 Å². The minimum absolute atomic E-state index is 0.0303. The van der Waals surface area contributed by atoms with Gasteiger partial charge in [0.05, 0.1) is 4.90 Å². The van der Waals surface area contributed by atoms with E-state index in [1.165, 1.54) is 29.0 Å². The number of carbonyl (C=O) groups is 1. The van der Waals surface area contributed by atoms with Gasteiger partial charge in [0.2, 0.25) is 0 Å². The van der Waals surface area contributed by atoms with Crippen LogP contribution in [0.3, 0.4) is 0 Å². The van der Waals surface area contributed by atoms with Crippen LogP contribution < -0.4 is 19.8 Å². The topological polar surface area (TPSA) is 130 Å². The maximum Gasteiger partial charge on any atom is 0.411 e. The van der Waals surface area contributed by atoms with Gasteiger partial charge in [0.15, 0.2) is 29.0 Å². The molecule has 0 atom stereocenters. The highest BCUT2D eigenvalue weighted by Crippen LogP contribution is 2.44. The van der Waals surface area contributed by atoms with Gasteiger partial charge in [-0.3, -0.25) is 5.43 Å². The van der Waals surface area contributed by atoms with Crippen LogP contribution in [0.1, 0.15) is 52.7 Å². The van der Waals surface area contributed by atoms with Gasteiger partial charge in [0, 0.05) is 16.0 Å². The second-order valence-electron chi connectivity index (χ2n) is 10.8. The van der Waals surface area contributed by atoms with E-state index in [1.54, 1.807) is 5.43 Å². The van der Waals surface area contributed by atoms with Crippen LogP contribution in [0, 0.1) is 23.4 Å². The average Bonchev–Trinajstić information content (AvgIpc) is 2.83. The number of benzene rings is 2. The van der Waals surface area contributed by atoms with E-state index in [1.807, 2.05) is 47.0 Å². The van der Waals surface area contributed by atoms with Crippen LogP contribution in [0.25, 0.3) is 0 Å². The third-order valence-corrected chi connectivity index (χ3v) is 7.33. The van der Waals surface area contributed by atoms with Gasteiger partial charge in [-0.05, 0) is 35.1 Å². The normalized spacial score (nSPS) is 12.1. The molecule has 2 amide bonds. The van der Waals surface area contributed by atoms with E-state index in [0.29, 0.717) is 22.9 Å². The second kappa shape index (κ2) is 11.6. The summed E-state index contributed by atoms with van der Waals surface area (Å²) in [4.78, 5) is 14.6. The van der Waals surface area contributed by atoms with Crippen molar-refractivity contribution in [2.45, 2.75) is 62.2 Å². The molecule has 9 nitrogen and oxygen atoms in total. The van der Waals surface area contributed by atoms with Crippen molar-refractivity contribution in [3.05, 3.63) is 70.9 Å². The molecule has 0 unspecified atom stereocenters. The molecule has 1 aromatic heterocycles. The molecule has 0 aliphatic rings. The van der Waals surface area contributed by atoms with Gasteiger partial charge in [-0.2, -0.15) is 17.8 Å². The first-order chi connectivity index (χ1) is 18.8. The van der Waals surface area contributed by atoms with Crippen molar-refractivity contribution in [1.82, 2.24) is 15.1 Å². The van der Waals surface area contributed by atoms with E-state index in [2.05, 4.69) is 9.17 Å². The Kier molecular flexibility index (Phi) is 9.03. The van der Waals surface area contributed by atoms with Gasteiger partial charge < -0.3 is 9.29 Å². The highest BCUT2D eigenvalue weighted by atomic mass is 32.2. The SMILES string of the molecule is CC(C)(C)c1cc(Sc2c(F)c(F)nc(NNC(=O)NS(=O)(=O)Oc3ccccc3F)c2F)cc(C(C)(C)C)c1O. The fraction of sp³-hybridized carbons (Fsp3) is 0.308. The Morgan fingerprint density at radius 2 is 1.51 bits per heavy atom. The van der Waals surface area contributed by atoms with E-state index in [0.717, 1.165) is 12.1 Å². The number of phenolic OH excluding ortho intramolecular Hbond substituents is 1. The maximum atomic E-state index is 15.3. The molecule has 0 radical (unpaired) electrons. The highest BCUT2D eigenvalue weighted by Gasteiger charge is 2.29. The largest absolute Gasteiger partial charge is 0.507 e. The Hall–Kier alpha value is -3.72. The van der Waals surface area contributed by atoms with Crippen LogP contribution >= 0.6 is 11.8 Å². The summed E-state index contributed by atoms with van der Waals surface area (Å²) in [5.74, 6) is -7.38.